The van der Waals surface area contributed by atoms with E-state index >= 15 is 0 Å². The van der Waals surface area contributed by atoms with Crippen LogP contribution in [0.4, 0.5) is 0 Å². The van der Waals surface area contributed by atoms with Gasteiger partial charge in [-0.05, 0) is 50.4 Å². The summed E-state index contributed by atoms with van der Waals surface area (Å²) >= 11 is 0. The molecule has 0 unspecified atom stereocenters. The van der Waals surface area contributed by atoms with Crippen molar-refractivity contribution in [3.05, 3.63) is 36.5 Å². The summed E-state index contributed by atoms with van der Waals surface area (Å²) in [5.41, 5.74) is 6.64. The van der Waals surface area contributed by atoms with Crippen molar-refractivity contribution < 1.29 is 4.74 Å². The summed E-state index contributed by atoms with van der Waals surface area (Å²) in [5.74, 6) is 0.911. The first-order valence-corrected chi connectivity index (χ1v) is 6.55. The van der Waals surface area contributed by atoms with Gasteiger partial charge in [-0.1, -0.05) is 6.07 Å². The van der Waals surface area contributed by atoms with E-state index in [0.717, 1.165) is 35.9 Å². The molecule has 3 nitrogen and oxygen atoms in total. The lowest BCUT2D eigenvalue weighted by Crippen LogP contribution is -2.44. The van der Waals surface area contributed by atoms with E-state index in [1.165, 1.54) is 6.42 Å². The highest BCUT2D eigenvalue weighted by molar-refractivity contribution is 5.79. The van der Waals surface area contributed by atoms with Crippen LogP contribution in [0.1, 0.15) is 25.7 Å². The second kappa shape index (κ2) is 4.58. The Morgan fingerprint density at radius 1 is 1.28 bits per heavy atom. The number of hydrogen-bond donors (Lipinski definition) is 1. The Bertz CT molecular complexity index is 549. The predicted octanol–water partition coefficient (Wildman–Crippen LogP) is 2.89. The number of aromatic nitrogens is 1. The molecule has 1 aromatic heterocycles. The molecule has 3 heteroatoms. The van der Waals surface area contributed by atoms with E-state index in [1.54, 1.807) is 0 Å². The summed E-state index contributed by atoms with van der Waals surface area (Å²) in [6.45, 7) is 0.686. The lowest BCUT2D eigenvalue weighted by atomic mass is 9.77. The minimum atomic E-state index is -0.0167. The number of benzene rings is 1. The molecule has 3 rings (SSSR count). The summed E-state index contributed by atoms with van der Waals surface area (Å²) < 4.78 is 6.17. The molecular weight excluding hydrogens is 224 g/mol. The number of hydrogen-bond acceptors (Lipinski definition) is 3. The summed E-state index contributed by atoms with van der Waals surface area (Å²) in [6.07, 6.45) is 6.22. The Hall–Kier alpha value is -1.61. The van der Waals surface area contributed by atoms with Crippen LogP contribution < -0.4 is 10.5 Å². The number of pyridine rings is 1. The number of nitrogens with zero attached hydrogens (tertiary/aromatic N) is 1. The zero-order chi connectivity index (χ0) is 12.4. The van der Waals surface area contributed by atoms with Crippen LogP contribution in [0.15, 0.2) is 36.5 Å². The lowest BCUT2D eigenvalue weighted by molar-refractivity contribution is -0.0123. The van der Waals surface area contributed by atoms with Crippen molar-refractivity contribution >= 4 is 10.9 Å². The van der Waals surface area contributed by atoms with Crippen molar-refractivity contribution in [2.45, 2.75) is 31.3 Å². The summed E-state index contributed by atoms with van der Waals surface area (Å²) in [4.78, 5) is 4.36. The van der Waals surface area contributed by atoms with Crippen LogP contribution >= 0.6 is 0 Å². The predicted molar refractivity (Wildman–Crippen MR) is 72.6 cm³/mol. The van der Waals surface area contributed by atoms with Crippen molar-refractivity contribution in [2.24, 2.45) is 5.73 Å². The van der Waals surface area contributed by atoms with Gasteiger partial charge in [-0.2, -0.15) is 0 Å². The third-order valence-electron chi connectivity index (χ3n) is 3.78. The standard InChI is InChI=1S/C15H18N2O/c16-9-8-15(6-2-7-15)18-13-5-4-12-3-1-10-17-14(12)11-13/h1,3-5,10-11H,2,6-9,16H2. The molecule has 2 N–H and O–H groups in total. The van der Waals surface area contributed by atoms with Crippen LogP contribution in [0.2, 0.25) is 0 Å². The molecule has 0 aliphatic heterocycles. The van der Waals surface area contributed by atoms with E-state index in [4.69, 9.17) is 10.5 Å². The van der Waals surface area contributed by atoms with Gasteiger partial charge >= 0.3 is 0 Å². The van der Waals surface area contributed by atoms with Gasteiger partial charge in [0.2, 0.25) is 0 Å². The van der Waals surface area contributed by atoms with Gasteiger partial charge in [0.1, 0.15) is 11.4 Å². The quantitative estimate of drug-likeness (QED) is 0.896. The van der Waals surface area contributed by atoms with Crippen molar-refractivity contribution in [2.75, 3.05) is 6.54 Å². The van der Waals surface area contributed by atoms with Gasteiger partial charge in [0.15, 0.2) is 0 Å². The van der Waals surface area contributed by atoms with E-state index in [0.29, 0.717) is 6.54 Å². The molecule has 0 spiro atoms. The fourth-order valence-electron chi connectivity index (χ4n) is 2.60. The van der Waals surface area contributed by atoms with Crippen molar-refractivity contribution in [3.8, 4) is 5.75 Å². The van der Waals surface area contributed by atoms with E-state index in [-0.39, 0.29) is 5.60 Å². The van der Waals surface area contributed by atoms with E-state index in [9.17, 15) is 0 Å². The van der Waals surface area contributed by atoms with Gasteiger partial charge < -0.3 is 10.5 Å². The van der Waals surface area contributed by atoms with Crippen LogP contribution in [-0.4, -0.2) is 17.1 Å². The van der Waals surface area contributed by atoms with Crippen molar-refractivity contribution in [1.29, 1.82) is 0 Å². The topological polar surface area (TPSA) is 48.1 Å². The number of ether oxygens (including phenoxy) is 1. The fourth-order valence-corrected chi connectivity index (χ4v) is 2.60. The molecule has 0 saturated heterocycles. The molecule has 0 amide bonds. The molecule has 0 radical (unpaired) electrons. The minimum absolute atomic E-state index is 0.0167. The molecular formula is C15H18N2O. The molecule has 18 heavy (non-hydrogen) atoms. The first kappa shape index (κ1) is 11.5. The number of nitrogens with two attached hydrogens (primary N) is 1. The van der Waals surface area contributed by atoms with Crippen LogP contribution in [-0.2, 0) is 0 Å². The summed E-state index contributed by atoms with van der Waals surface area (Å²) in [5, 5.41) is 1.14. The fraction of sp³-hybridized carbons (Fsp3) is 0.400. The van der Waals surface area contributed by atoms with Gasteiger partial charge in [-0.15, -0.1) is 0 Å². The Morgan fingerprint density at radius 2 is 2.17 bits per heavy atom. The monoisotopic (exact) mass is 242 g/mol. The largest absolute Gasteiger partial charge is 0.487 e. The summed E-state index contributed by atoms with van der Waals surface area (Å²) in [6, 6.07) is 10.1. The van der Waals surface area contributed by atoms with Gasteiger partial charge in [0.25, 0.3) is 0 Å². The Morgan fingerprint density at radius 3 is 2.89 bits per heavy atom. The Labute approximate surface area is 107 Å². The molecule has 2 aromatic rings. The first-order chi connectivity index (χ1) is 8.81. The highest BCUT2D eigenvalue weighted by atomic mass is 16.5. The molecule has 94 valence electrons. The van der Waals surface area contributed by atoms with Crippen LogP contribution in [0.3, 0.4) is 0 Å². The third kappa shape index (κ3) is 2.06. The Kier molecular flexibility index (Phi) is 2.92. The molecule has 1 saturated carbocycles. The van der Waals surface area contributed by atoms with E-state index in [2.05, 4.69) is 17.1 Å². The molecule has 0 atom stereocenters. The second-order valence-corrected chi connectivity index (χ2v) is 5.04. The van der Waals surface area contributed by atoms with Crippen molar-refractivity contribution in [1.82, 2.24) is 4.98 Å². The van der Waals surface area contributed by atoms with Crippen LogP contribution in [0.5, 0.6) is 5.75 Å². The lowest BCUT2D eigenvalue weighted by Gasteiger charge is -2.41. The average molecular weight is 242 g/mol. The maximum atomic E-state index is 6.17. The van der Waals surface area contributed by atoms with Gasteiger partial charge in [0.05, 0.1) is 5.52 Å². The average Bonchev–Trinajstić information content (AvgIpc) is 2.36. The van der Waals surface area contributed by atoms with Gasteiger partial charge in [-0.3, -0.25) is 4.98 Å². The zero-order valence-electron chi connectivity index (χ0n) is 10.4. The van der Waals surface area contributed by atoms with Crippen LogP contribution in [0, 0.1) is 0 Å². The highest BCUT2D eigenvalue weighted by Crippen LogP contribution is 2.39. The minimum Gasteiger partial charge on any atom is -0.487 e. The van der Waals surface area contributed by atoms with Crippen LogP contribution in [0.25, 0.3) is 10.9 Å². The zero-order valence-corrected chi connectivity index (χ0v) is 10.4. The number of fused-ring (bicyclic) bond motifs is 1. The first-order valence-electron chi connectivity index (χ1n) is 6.55. The third-order valence-corrected chi connectivity index (χ3v) is 3.78. The molecule has 0 bridgehead atoms. The molecule has 1 aliphatic carbocycles. The normalized spacial score (nSPS) is 17.4. The summed E-state index contributed by atoms with van der Waals surface area (Å²) in [7, 11) is 0. The van der Waals surface area contributed by atoms with Gasteiger partial charge in [0, 0.05) is 17.6 Å². The SMILES string of the molecule is NCCC1(Oc2ccc3cccnc3c2)CCC1. The molecule has 1 fully saturated rings. The maximum Gasteiger partial charge on any atom is 0.122 e. The molecule has 1 aliphatic rings. The van der Waals surface area contributed by atoms with E-state index < -0.39 is 0 Å². The maximum absolute atomic E-state index is 6.17. The van der Waals surface area contributed by atoms with Crippen molar-refractivity contribution in [3.63, 3.8) is 0 Å². The second-order valence-electron chi connectivity index (χ2n) is 5.04. The Balaban J connectivity index is 1.86. The highest BCUT2D eigenvalue weighted by Gasteiger charge is 2.38. The smallest absolute Gasteiger partial charge is 0.122 e. The molecule has 1 aromatic carbocycles. The number of rotatable bonds is 4. The van der Waals surface area contributed by atoms with E-state index in [1.807, 2.05) is 24.4 Å². The van der Waals surface area contributed by atoms with Gasteiger partial charge in [-0.25, -0.2) is 0 Å². The molecule has 1 heterocycles.